The van der Waals surface area contributed by atoms with Gasteiger partial charge in [0.25, 0.3) is 0 Å². The van der Waals surface area contributed by atoms with Crippen LogP contribution in [-0.2, 0) is 6.42 Å². The van der Waals surface area contributed by atoms with E-state index in [-0.39, 0.29) is 0 Å². The summed E-state index contributed by atoms with van der Waals surface area (Å²) in [6.45, 7) is 5.79. The van der Waals surface area contributed by atoms with E-state index < -0.39 is 0 Å². The zero-order chi connectivity index (χ0) is 15.8. The number of benzene rings is 1. The topological polar surface area (TPSA) is 59.1 Å². The van der Waals surface area contributed by atoms with E-state index in [4.69, 9.17) is 4.74 Å². The lowest BCUT2D eigenvalue weighted by Gasteiger charge is -2.10. The summed E-state index contributed by atoms with van der Waals surface area (Å²) in [6, 6.07) is 10.1. The molecule has 118 valence electrons. The largest absolute Gasteiger partial charge is 0.497 e. The van der Waals surface area contributed by atoms with Crippen LogP contribution < -0.4 is 15.4 Å². The Morgan fingerprint density at radius 2 is 1.64 bits per heavy atom. The number of nitrogens with zero attached hydrogens (tertiary/aromatic N) is 2. The van der Waals surface area contributed by atoms with Gasteiger partial charge in [0, 0.05) is 19.2 Å². The molecule has 2 rings (SSSR count). The predicted molar refractivity (Wildman–Crippen MR) is 90.7 cm³/mol. The smallest absolute Gasteiger partial charge is 0.131 e. The van der Waals surface area contributed by atoms with Crippen molar-refractivity contribution in [1.29, 1.82) is 0 Å². The number of anilines is 2. The molecule has 2 N–H and O–H groups in total. The van der Waals surface area contributed by atoms with E-state index in [1.54, 1.807) is 7.11 Å². The molecule has 0 aliphatic carbocycles. The molecule has 0 saturated carbocycles. The van der Waals surface area contributed by atoms with Crippen LogP contribution in [-0.4, -0.2) is 30.2 Å². The van der Waals surface area contributed by atoms with E-state index in [0.29, 0.717) is 0 Å². The summed E-state index contributed by atoms with van der Waals surface area (Å²) in [5.41, 5.74) is 1.27. The molecule has 5 heteroatoms. The quantitative estimate of drug-likeness (QED) is 0.783. The van der Waals surface area contributed by atoms with Gasteiger partial charge in [-0.1, -0.05) is 19.1 Å². The Morgan fingerprint density at radius 3 is 2.23 bits per heavy atom. The second kappa shape index (κ2) is 8.22. The molecule has 5 nitrogen and oxygen atoms in total. The van der Waals surface area contributed by atoms with Crippen LogP contribution in [0, 0.1) is 6.92 Å². The third-order valence-electron chi connectivity index (χ3n) is 3.27. The zero-order valence-electron chi connectivity index (χ0n) is 13.5. The van der Waals surface area contributed by atoms with Crippen LogP contribution in [0.3, 0.4) is 0 Å². The van der Waals surface area contributed by atoms with Crippen molar-refractivity contribution in [2.24, 2.45) is 0 Å². The minimum absolute atomic E-state index is 0.771. The van der Waals surface area contributed by atoms with Gasteiger partial charge in [0.05, 0.1) is 7.11 Å². The summed E-state index contributed by atoms with van der Waals surface area (Å²) in [6.07, 6.45) is 2.01. The first-order valence-electron chi connectivity index (χ1n) is 7.67. The van der Waals surface area contributed by atoms with Crippen molar-refractivity contribution >= 4 is 11.6 Å². The molecular weight excluding hydrogens is 276 g/mol. The SMILES string of the molecule is CCCNc1cc(NCCc2ccc(OC)cc2)nc(C)n1. The second-order valence-electron chi connectivity index (χ2n) is 5.14. The maximum Gasteiger partial charge on any atom is 0.131 e. The highest BCUT2D eigenvalue weighted by molar-refractivity contribution is 5.47. The van der Waals surface area contributed by atoms with Crippen LogP contribution in [0.25, 0.3) is 0 Å². The molecular formula is C17H24N4O. The first kappa shape index (κ1) is 16.1. The molecule has 0 bridgehead atoms. The van der Waals surface area contributed by atoms with Crippen molar-refractivity contribution in [3.63, 3.8) is 0 Å². The van der Waals surface area contributed by atoms with E-state index in [2.05, 4.69) is 39.7 Å². The van der Waals surface area contributed by atoms with Gasteiger partial charge in [-0.3, -0.25) is 0 Å². The van der Waals surface area contributed by atoms with Crippen molar-refractivity contribution in [2.75, 3.05) is 30.8 Å². The molecule has 22 heavy (non-hydrogen) atoms. The molecule has 2 aromatic rings. The number of hydrogen-bond donors (Lipinski definition) is 2. The lowest BCUT2D eigenvalue weighted by atomic mass is 10.1. The summed E-state index contributed by atoms with van der Waals surface area (Å²) in [7, 11) is 1.68. The van der Waals surface area contributed by atoms with E-state index in [1.165, 1.54) is 5.56 Å². The Bertz CT molecular complexity index is 584. The molecule has 1 aromatic carbocycles. The van der Waals surface area contributed by atoms with Gasteiger partial charge in [0.2, 0.25) is 0 Å². The average Bonchev–Trinajstić information content (AvgIpc) is 2.53. The number of ether oxygens (including phenoxy) is 1. The Balaban J connectivity index is 1.88. The number of rotatable bonds is 8. The molecule has 0 aliphatic rings. The van der Waals surface area contributed by atoms with E-state index in [0.717, 1.165) is 49.1 Å². The summed E-state index contributed by atoms with van der Waals surface area (Å²) < 4.78 is 5.16. The van der Waals surface area contributed by atoms with Crippen molar-refractivity contribution in [3.8, 4) is 5.75 Å². The van der Waals surface area contributed by atoms with Crippen LogP contribution in [0.5, 0.6) is 5.75 Å². The van der Waals surface area contributed by atoms with Crippen LogP contribution in [0.4, 0.5) is 11.6 Å². The molecule has 0 unspecified atom stereocenters. The fourth-order valence-corrected chi connectivity index (χ4v) is 2.13. The summed E-state index contributed by atoms with van der Waals surface area (Å²) >= 11 is 0. The van der Waals surface area contributed by atoms with Gasteiger partial charge in [0.15, 0.2) is 0 Å². The van der Waals surface area contributed by atoms with Crippen LogP contribution in [0.2, 0.25) is 0 Å². The van der Waals surface area contributed by atoms with Gasteiger partial charge in [-0.15, -0.1) is 0 Å². The molecule has 0 saturated heterocycles. The Kier molecular flexibility index (Phi) is 6.01. The maximum atomic E-state index is 5.16. The van der Waals surface area contributed by atoms with Crippen LogP contribution in [0.1, 0.15) is 24.7 Å². The Hall–Kier alpha value is -2.30. The lowest BCUT2D eigenvalue weighted by molar-refractivity contribution is 0.414. The third kappa shape index (κ3) is 4.91. The summed E-state index contributed by atoms with van der Waals surface area (Å²) in [5, 5.41) is 6.65. The molecule has 0 fully saturated rings. The number of aromatic nitrogens is 2. The third-order valence-corrected chi connectivity index (χ3v) is 3.27. The Morgan fingerprint density at radius 1 is 1.00 bits per heavy atom. The van der Waals surface area contributed by atoms with Crippen LogP contribution >= 0.6 is 0 Å². The first-order valence-corrected chi connectivity index (χ1v) is 7.67. The number of hydrogen-bond acceptors (Lipinski definition) is 5. The minimum atomic E-state index is 0.771. The summed E-state index contributed by atoms with van der Waals surface area (Å²) in [4.78, 5) is 8.80. The molecule has 1 aromatic heterocycles. The predicted octanol–water partition coefficient (Wildman–Crippen LogP) is 3.27. The van der Waals surface area contributed by atoms with Crippen molar-refractivity contribution < 1.29 is 4.74 Å². The number of methoxy groups -OCH3 is 1. The number of nitrogens with one attached hydrogen (secondary N) is 2. The van der Waals surface area contributed by atoms with E-state index in [9.17, 15) is 0 Å². The fourth-order valence-electron chi connectivity index (χ4n) is 2.13. The average molecular weight is 300 g/mol. The molecule has 0 amide bonds. The lowest BCUT2D eigenvalue weighted by Crippen LogP contribution is -2.09. The molecule has 1 heterocycles. The van der Waals surface area contributed by atoms with Gasteiger partial charge < -0.3 is 15.4 Å². The first-order chi connectivity index (χ1) is 10.7. The van der Waals surface area contributed by atoms with Gasteiger partial charge in [0.1, 0.15) is 23.2 Å². The molecule has 0 spiro atoms. The summed E-state index contributed by atoms with van der Waals surface area (Å²) in [5.74, 6) is 3.39. The standard InChI is InChI=1S/C17H24N4O/c1-4-10-18-16-12-17(21-13(2)20-16)19-11-9-14-5-7-15(22-3)8-6-14/h5-8,12H,4,9-11H2,1-3H3,(H2,18,19,20,21). The molecule has 0 radical (unpaired) electrons. The monoisotopic (exact) mass is 300 g/mol. The van der Waals surface area contributed by atoms with E-state index in [1.807, 2.05) is 25.1 Å². The van der Waals surface area contributed by atoms with Gasteiger partial charge in [-0.25, -0.2) is 9.97 Å². The van der Waals surface area contributed by atoms with Gasteiger partial charge in [-0.2, -0.15) is 0 Å². The zero-order valence-corrected chi connectivity index (χ0v) is 13.5. The fraction of sp³-hybridized carbons (Fsp3) is 0.412. The highest BCUT2D eigenvalue weighted by Crippen LogP contribution is 2.13. The van der Waals surface area contributed by atoms with Crippen LogP contribution in [0.15, 0.2) is 30.3 Å². The molecule has 0 aliphatic heterocycles. The number of aryl methyl sites for hydroxylation is 1. The highest BCUT2D eigenvalue weighted by Gasteiger charge is 2.01. The second-order valence-corrected chi connectivity index (χ2v) is 5.14. The van der Waals surface area contributed by atoms with Crippen molar-refractivity contribution in [2.45, 2.75) is 26.7 Å². The Labute approximate surface area is 132 Å². The van der Waals surface area contributed by atoms with Gasteiger partial charge in [-0.05, 0) is 37.5 Å². The molecule has 0 atom stereocenters. The highest BCUT2D eigenvalue weighted by atomic mass is 16.5. The van der Waals surface area contributed by atoms with E-state index >= 15 is 0 Å². The maximum absolute atomic E-state index is 5.16. The minimum Gasteiger partial charge on any atom is -0.497 e. The van der Waals surface area contributed by atoms with Gasteiger partial charge >= 0.3 is 0 Å². The normalized spacial score (nSPS) is 10.3. The van der Waals surface area contributed by atoms with Crippen molar-refractivity contribution in [1.82, 2.24) is 9.97 Å². The van der Waals surface area contributed by atoms with Crippen molar-refractivity contribution in [3.05, 3.63) is 41.7 Å².